The second-order valence-electron chi connectivity index (χ2n) is 2.35. The fourth-order valence-corrected chi connectivity index (χ4v) is 1.13. The standard InChI is InChI=1S/C10H8.CH3F/c1-2-6-10-8-4-3-7-9(10)5-1;1-2/h1-8H;1H3. The van der Waals surface area contributed by atoms with Gasteiger partial charge in [-0.25, -0.2) is 0 Å². The van der Waals surface area contributed by atoms with Gasteiger partial charge in [-0.1, -0.05) is 48.5 Å². The van der Waals surface area contributed by atoms with Crippen LogP contribution in [-0.4, -0.2) is 7.18 Å². The van der Waals surface area contributed by atoms with Gasteiger partial charge < -0.3 is 0 Å². The average Bonchev–Trinajstić information content (AvgIpc) is 2.21. The highest BCUT2D eigenvalue weighted by Crippen LogP contribution is 2.11. The molecule has 0 fully saturated rings. The molecule has 0 spiro atoms. The van der Waals surface area contributed by atoms with Crippen molar-refractivity contribution in [1.29, 1.82) is 0 Å². The number of benzene rings is 2. The number of hydrogen-bond donors (Lipinski definition) is 0. The molecule has 62 valence electrons. The maximum Gasteiger partial charge on any atom is 0.0785 e. The van der Waals surface area contributed by atoms with E-state index in [-0.39, 0.29) is 0 Å². The van der Waals surface area contributed by atoms with Crippen LogP contribution in [0.15, 0.2) is 48.5 Å². The van der Waals surface area contributed by atoms with E-state index in [4.69, 9.17) is 0 Å². The van der Waals surface area contributed by atoms with E-state index >= 15 is 0 Å². The highest BCUT2D eigenvalue weighted by atomic mass is 19.1. The molecule has 0 atom stereocenters. The maximum absolute atomic E-state index is 9.50. The second kappa shape index (κ2) is 4.50. The van der Waals surface area contributed by atoms with E-state index in [0.717, 1.165) is 0 Å². The lowest BCUT2D eigenvalue weighted by Gasteiger charge is -1.92. The molecule has 0 bridgehead atoms. The Balaban J connectivity index is 0.000000336. The molecular formula is C11H11F. The topological polar surface area (TPSA) is 0 Å². The van der Waals surface area contributed by atoms with Crippen LogP contribution in [0.25, 0.3) is 10.8 Å². The van der Waals surface area contributed by atoms with Gasteiger partial charge in [-0.2, -0.15) is 0 Å². The number of hydrogen-bond acceptors (Lipinski definition) is 0. The number of fused-ring (bicyclic) bond motifs is 1. The van der Waals surface area contributed by atoms with Gasteiger partial charge in [-0.3, -0.25) is 4.39 Å². The minimum Gasteiger partial charge on any atom is -0.255 e. The van der Waals surface area contributed by atoms with Gasteiger partial charge >= 0.3 is 0 Å². The van der Waals surface area contributed by atoms with Crippen molar-refractivity contribution in [3.05, 3.63) is 48.5 Å². The molecule has 0 radical (unpaired) electrons. The molecule has 0 heterocycles. The monoisotopic (exact) mass is 162 g/mol. The first-order valence-electron chi connectivity index (χ1n) is 3.78. The Labute approximate surface area is 71.6 Å². The minimum atomic E-state index is 0.500. The van der Waals surface area contributed by atoms with Gasteiger partial charge in [0.25, 0.3) is 0 Å². The summed E-state index contributed by atoms with van der Waals surface area (Å²) in [5, 5.41) is 2.62. The molecule has 1 heteroatoms. The molecule has 0 nitrogen and oxygen atoms in total. The van der Waals surface area contributed by atoms with Gasteiger partial charge in [-0.15, -0.1) is 0 Å². The van der Waals surface area contributed by atoms with Crippen molar-refractivity contribution in [3.63, 3.8) is 0 Å². The van der Waals surface area contributed by atoms with E-state index in [0.29, 0.717) is 7.18 Å². The van der Waals surface area contributed by atoms with E-state index < -0.39 is 0 Å². The van der Waals surface area contributed by atoms with Crippen molar-refractivity contribution in [1.82, 2.24) is 0 Å². The number of rotatable bonds is 0. The van der Waals surface area contributed by atoms with Crippen LogP contribution >= 0.6 is 0 Å². The van der Waals surface area contributed by atoms with E-state index in [1.807, 2.05) is 0 Å². The Morgan fingerprint density at radius 2 is 0.917 bits per heavy atom. The quantitative estimate of drug-likeness (QED) is 0.556. The van der Waals surface area contributed by atoms with Crippen LogP contribution in [0.1, 0.15) is 0 Å². The summed E-state index contributed by atoms with van der Waals surface area (Å²) in [5.41, 5.74) is 0. The summed E-state index contributed by atoms with van der Waals surface area (Å²) >= 11 is 0. The molecule has 0 unspecified atom stereocenters. The zero-order valence-corrected chi connectivity index (χ0v) is 7.00. The number of halogens is 1. The fraction of sp³-hybridized carbons (Fsp3) is 0.0909. The summed E-state index contributed by atoms with van der Waals surface area (Å²) < 4.78 is 9.50. The first kappa shape index (κ1) is 8.72. The molecule has 0 saturated heterocycles. The molecule has 2 rings (SSSR count). The zero-order valence-electron chi connectivity index (χ0n) is 7.00. The molecule has 0 N–H and O–H groups in total. The summed E-state index contributed by atoms with van der Waals surface area (Å²) in [4.78, 5) is 0. The smallest absolute Gasteiger partial charge is 0.0785 e. The van der Waals surface area contributed by atoms with Gasteiger partial charge in [0.2, 0.25) is 0 Å². The molecule has 0 aliphatic rings. The molecule has 0 aliphatic carbocycles. The molecule has 0 saturated carbocycles. The molecule has 0 amide bonds. The maximum atomic E-state index is 9.50. The van der Waals surface area contributed by atoms with Gasteiger partial charge in [0.05, 0.1) is 7.18 Å². The second-order valence-corrected chi connectivity index (χ2v) is 2.35. The summed E-state index contributed by atoms with van der Waals surface area (Å²) in [6, 6.07) is 16.7. The Morgan fingerprint density at radius 1 is 0.667 bits per heavy atom. The molecule has 2 aromatic rings. The molecule has 0 aromatic heterocycles. The van der Waals surface area contributed by atoms with Crippen LogP contribution in [-0.2, 0) is 0 Å². The van der Waals surface area contributed by atoms with Crippen LogP contribution in [0, 0.1) is 0 Å². The summed E-state index contributed by atoms with van der Waals surface area (Å²) in [5.74, 6) is 0. The summed E-state index contributed by atoms with van der Waals surface area (Å²) in [7, 11) is 0.500. The third kappa shape index (κ3) is 1.82. The van der Waals surface area contributed by atoms with Gasteiger partial charge in [0, 0.05) is 0 Å². The van der Waals surface area contributed by atoms with Gasteiger partial charge in [-0.05, 0) is 10.8 Å². The predicted octanol–water partition coefficient (Wildman–Crippen LogP) is 3.43. The first-order valence-corrected chi connectivity index (χ1v) is 3.78. The Morgan fingerprint density at radius 3 is 1.17 bits per heavy atom. The highest BCUT2D eigenvalue weighted by molar-refractivity contribution is 5.81. The van der Waals surface area contributed by atoms with Crippen molar-refractivity contribution >= 4 is 10.8 Å². The van der Waals surface area contributed by atoms with Crippen molar-refractivity contribution in [2.45, 2.75) is 0 Å². The predicted molar refractivity (Wildman–Crippen MR) is 51.0 cm³/mol. The first-order chi connectivity index (χ1) is 5.97. The third-order valence-electron chi connectivity index (χ3n) is 1.66. The van der Waals surface area contributed by atoms with Crippen molar-refractivity contribution in [2.24, 2.45) is 0 Å². The highest BCUT2D eigenvalue weighted by Gasteiger charge is 1.85. The Bertz CT molecular complexity index is 276. The van der Waals surface area contributed by atoms with E-state index in [2.05, 4.69) is 48.5 Å². The van der Waals surface area contributed by atoms with E-state index in [1.54, 1.807) is 0 Å². The molecular weight excluding hydrogens is 151 g/mol. The fourth-order valence-electron chi connectivity index (χ4n) is 1.13. The van der Waals surface area contributed by atoms with Crippen LogP contribution in [0.2, 0.25) is 0 Å². The lowest BCUT2D eigenvalue weighted by Crippen LogP contribution is -1.67. The molecule has 12 heavy (non-hydrogen) atoms. The minimum absolute atomic E-state index is 0.500. The largest absolute Gasteiger partial charge is 0.255 e. The zero-order chi connectivity index (χ0) is 8.81. The molecule has 0 aliphatic heterocycles. The van der Waals surface area contributed by atoms with Gasteiger partial charge in [0.15, 0.2) is 0 Å². The van der Waals surface area contributed by atoms with Crippen molar-refractivity contribution in [3.8, 4) is 0 Å². The normalized spacial score (nSPS) is 8.83. The van der Waals surface area contributed by atoms with Crippen LogP contribution < -0.4 is 0 Å². The Kier molecular flexibility index (Phi) is 3.27. The SMILES string of the molecule is CF.c1ccc2ccccc2c1. The summed E-state index contributed by atoms with van der Waals surface area (Å²) in [6.07, 6.45) is 0. The lowest BCUT2D eigenvalue weighted by atomic mass is 10.1. The lowest BCUT2D eigenvalue weighted by molar-refractivity contribution is 0.636. The van der Waals surface area contributed by atoms with Crippen LogP contribution in [0.4, 0.5) is 4.39 Å². The van der Waals surface area contributed by atoms with E-state index in [9.17, 15) is 4.39 Å². The summed E-state index contributed by atoms with van der Waals surface area (Å²) in [6.45, 7) is 0. The van der Waals surface area contributed by atoms with Crippen molar-refractivity contribution < 1.29 is 4.39 Å². The van der Waals surface area contributed by atoms with Crippen LogP contribution in [0.3, 0.4) is 0 Å². The third-order valence-corrected chi connectivity index (χ3v) is 1.66. The number of alkyl halides is 1. The van der Waals surface area contributed by atoms with Crippen molar-refractivity contribution in [2.75, 3.05) is 7.18 Å². The van der Waals surface area contributed by atoms with E-state index in [1.165, 1.54) is 10.8 Å². The Hall–Kier alpha value is -1.37. The van der Waals surface area contributed by atoms with Crippen LogP contribution in [0.5, 0.6) is 0 Å². The van der Waals surface area contributed by atoms with Gasteiger partial charge in [0.1, 0.15) is 0 Å². The molecule has 2 aromatic carbocycles. The average molecular weight is 162 g/mol.